The SMILES string of the molecule is CN(Cc1ccncc1)c1ccc(F)cc1C(N)=S. The van der Waals surface area contributed by atoms with E-state index in [-0.39, 0.29) is 10.8 Å². The fourth-order valence-corrected chi connectivity index (χ4v) is 2.05. The van der Waals surface area contributed by atoms with Gasteiger partial charge in [0.1, 0.15) is 10.8 Å². The first-order valence-electron chi connectivity index (χ1n) is 5.77. The average molecular weight is 275 g/mol. The molecule has 2 rings (SSSR count). The van der Waals surface area contributed by atoms with Crippen LogP contribution in [0, 0.1) is 5.82 Å². The molecule has 0 fully saturated rings. The molecule has 0 amide bonds. The van der Waals surface area contributed by atoms with Crippen molar-refractivity contribution in [2.24, 2.45) is 5.73 Å². The molecule has 2 N–H and O–H groups in total. The fourth-order valence-electron chi connectivity index (χ4n) is 1.89. The highest BCUT2D eigenvalue weighted by Gasteiger charge is 2.11. The zero-order valence-corrected chi connectivity index (χ0v) is 11.3. The van der Waals surface area contributed by atoms with Gasteiger partial charge >= 0.3 is 0 Å². The van der Waals surface area contributed by atoms with Crippen molar-refractivity contribution in [1.29, 1.82) is 0 Å². The molecular weight excluding hydrogens is 261 g/mol. The van der Waals surface area contributed by atoms with Gasteiger partial charge in [0.15, 0.2) is 0 Å². The molecule has 1 aromatic heterocycles. The van der Waals surface area contributed by atoms with Gasteiger partial charge in [0.25, 0.3) is 0 Å². The summed E-state index contributed by atoms with van der Waals surface area (Å²) in [4.78, 5) is 6.14. The molecule has 0 radical (unpaired) electrons. The van der Waals surface area contributed by atoms with Gasteiger partial charge in [-0.2, -0.15) is 0 Å². The fraction of sp³-hybridized carbons (Fsp3) is 0.143. The lowest BCUT2D eigenvalue weighted by Crippen LogP contribution is -2.21. The summed E-state index contributed by atoms with van der Waals surface area (Å²) in [5, 5.41) is 0. The Bertz CT molecular complexity index is 586. The lowest BCUT2D eigenvalue weighted by molar-refractivity contribution is 0.627. The monoisotopic (exact) mass is 275 g/mol. The van der Waals surface area contributed by atoms with Crippen LogP contribution in [-0.2, 0) is 6.54 Å². The molecular formula is C14H14FN3S. The summed E-state index contributed by atoms with van der Waals surface area (Å²) in [6.07, 6.45) is 3.48. The van der Waals surface area contributed by atoms with Crippen LogP contribution in [0.1, 0.15) is 11.1 Å². The summed E-state index contributed by atoms with van der Waals surface area (Å²) < 4.78 is 13.3. The van der Waals surface area contributed by atoms with Crippen LogP contribution in [0.2, 0.25) is 0 Å². The van der Waals surface area contributed by atoms with Gasteiger partial charge in [-0.25, -0.2) is 4.39 Å². The second kappa shape index (κ2) is 5.75. The van der Waals surface area contributed by atoms with Crippen LogP contribution in [-0.4, -0.2) is 17.0 Å². The van der Waals surface area contributed by atoms with Gasteiger partial charge in [-0.1, -0.05) is 12.2 Å². The van der Waals surface area contributed by atoms with Crippen molar-refractivity contribution in [3.05, 3.63) is 59.7 Å². The molecule has 3 nitrogen and oxygen atoms in total. The number of nitrogens with zero attached hydrogens (tertiary/aromatic N) is 2. The third-order valence-corrected chi connectivity index (χ3v) is 3.02. The van der Waals surface area contributed by atoms with Crippen LogP contribution in [0.4, 0.5) is 10.1 Å². The van der Waals surface area contributed by atoms with Crippen LogP contribution < -0.4 is 10.6 Å². The highest BCUT2D eigenvalue weighted by molar-refractivity contribution is 7.80. The minimum absolute atomic E-state index is 0.191. The summed E-state index contributed by atoms with van der Waals surface area (Å²) in [6, 6.07) is 8.31. The number of rotatable bonds is 4. The topological polar surface area (TPSA) is 42.2 Å². The number of thiocarbonyl (C=S) groups is 1. The van der Waals surface area contributed by atoms with E-state index >= 15 is 0 Å². The number of halogens is 1. The number of hydrogen-bond donors (Lipinski definition) is 1. The molecule has 1 heterocycles. The predicted octanol–water partition coefficient (Wildman–Crippen LogP) is 2.49. The average Bonchev–Trinajstić information content (AvgIpc) is 2.39. The van der Waals surface area contributed by atoms with Crippen LogP contribution >= 0.6 is 12.2 Å². The van der Waals surface area contributed by atoms with E-state index in [9.17, 15) is 4.39 Å². The van der Waals surface area contributed by atoms with E-state index in [1.165, 1.54) is 12.1 Å². The molecule has 19 heavy (non-hydrogen) atoms. The van der Waals surface area contributed by atoms with Crippen LogP contribution in [0.5, 0.6) is 0 Å². The Kier molecular flexibility index (Phi) is 4.06. The Balaban J connectivity index is 2.28. The van der Waals surface area contributed by atoms with Gasteiger partial charge in [-0.15, -0.1) is 0 Å². The molecule has 2 aromatic rings. The van der Waals surface area contributed by atoms with Gasteiger partial charge < -0.3 is 10.6 Å². The second-order valence-electron chi connectivity index (χ2n) is 4.24. The Morgan fingerprint density at radius 3 is 2.63 bits per heavy atom. The molecule has 0 spiro atoms. The summed E-state index contributed by atoms with van der Waals surface area (Å²) >= 11 is 4.97. The first kappa shape index (κ1) is 13.4. The summed E-state index contributed by atoms with van der Waals surface area (Å²) in [5.74, 6) is -0.344. The van der Waals surface area contributed by atoms with E-state index in [1.54, 1.807) is 18.5 Å². The van der Waals surface area contributed by atoms with Crippen LogP contribution in [0.3, 0.4) is 0 Å². The highest BCUT2D eigenvalue weighted by Crippen LogP contribution is 2.22. The summed E-state index contributed by atoms with van der Waals surface area (Å²) in [7, 11) is 1.91. The summed E-state index contributed by atoms with van der Waals surface area (Å²) in [6.45, 7) is 0.670. The number of pyridine rings is 1. The van der Waals surface area contributed by atoms with E-state index in [4.69, 9.17) is 18.0 Å². The zero-order chi connectivity index (χ0) is 13.8. The molecule has 0 aliphatic heterocycles. The maximum Gasteiger partial charge on any atom is 0.124 e. The Morgan fingerprint density at radius 2 is 2.00 bits per heavy atom. The molecule has 1 aromatic carbocycles. The van der Waals surface area contributed by atoms with E-state index in [0.29, 0.717) is 12.1 Å². The third-order valence-electron chi connectivity index (χ3n) is 2.80. The van der Waals surface area contributed by atoms with Gasteiger partial charge in [-0.3, -0.25) is 4.98 Å². The Hall–Kier alpha value is -2.01. The van der Waals surface area contributed by atoms with Crippen molar-refractivity contribution < 1.29 is 4.39 Å². The number of nitrogens with two attached hydrogens (primary N) is 1. The Morgan fingerprint density at radius 1 is 1.32 bits per heavy atom. The zero-order valence-electron chi connectivity index (χ0n) is 10.5. The minimum Gasteiger partial charge on any atom is -0.389 e. The standard InChI is InChI=1S/C14H14FN3S/c1-18(9-10-4-6-17-7-5-10)13-3-2-11(15)8-12(13)14(16)19/h2-8H,9H2,1H3,(H2,16,19). The van der Waals surface area contributed by atoms with Gasteiger partial charge in [-0.05, 0) is 35.9 Å². The molecule has 98 valence electrons. The Labute approximate surface area is 116 Å². The summed E-state index contributed by atoms with van der Waals surface area (Å²) in [5.41, 5.74) is 8.11. The van der Waals surface area contributed by atoms with Gasteiger partial charge in [0, 0.05) is 37.2 Å². The minimum atomic E-state index is -0.344. The maximum absolute atomic E-state index is 13.3. The number of hydrogen-bond acceptors (Lipinski definition) is 3. The first-order valence-corrected chi connectivity index (χ1v) is 6.18. The molecule has 0 saturated carbocycles. The molecule has 0 aliphatic rings. The lowest BCUT2D eigenvalue weighted by Gasteiger charge is -2.22. The lowest BCUT2D eigenvalue weighted by atomic mass is 10.1. The van der Waals surface area contributed by atoms with Gasteiger partial charge in [0.05, 0.1) is 0 Å². The molecule has 0 unspecified atom stereocenters. The number of aromatic nitrogens is 1. The van der Waals surface area contributed by atoms with Crippen molar-refractivity contribution in [2.75, 3.05) is 11.9 Å². The first-order chi connectivity index (χ1) is 9.08. The molecule has 5 heteroatoms. The van der Waals surface area contributed by atoms with E-state index in [0.717, 1.165) is 11.3 Å². The van der Waals surface area contributed by atoms with Crippen molar-refractivity contribution in [3.8, 4) is 0 Å². The van der Waals surface area contributed by atoms with E-state index in [1.807, 2.05) is 24.1 Å². The highest BCUT2D eigenvalue weighted by atomic mass is 32.1. The maximum atomic E-state index is 13.3. The third kappa shape index (κ3) is 3.26. The molecule has 0 atom stereocenters. The van der Waals surface area contributed by atoms with E-state index in [2.05, 4.69) is 4.98 Å². The molecule has 0 bridgehead atoms. The molecule has 0 saturated heterocycles. The van der Waals surface area contributed by atoms with Crippen molar-refractivity contribution in [3.63, 3.8) is 0 Å². The molecule has 0 aliphatic carbocycles. The van der Waals surface area contributed by atoms with Crippen LogP contribution in [0.15, 0.2) is 42.7 Å². The van der Waals surface area contributed by atoms with Gasteiger partial charge in [0.2, 0.25) is 0 Å². The van der Waals surface area contributed by atoms with Crippen molar-refractivity contribution >= 4 is 22.9 Å². The van der Waals surface area contributed by atoms with E-state index < -0.39 is 0 Å². The smallest absolute Gasteiger partial charge is 0.124 e. The predicted molar refractivity (Wildman–Crippen MR) is 78.6 cm³/mol. The quantitative estimate of drug-likeness (QED) is 0.871. The normalized spacial score (nSPS) is 10.2. The van der Waals surface area contributed by atoms with Crippen molar-refractivity contribution in [1.82, 2.24) is 4.98 Å². The van der Waals surface area contributed by atoms with Crippen molar-refractivity contribution in [2.45, 2.75) is 6.54 Å². The number of anilines is 1. The largest absolute Gasteiger partial charge is 0.389 e. The van der Waals surface area contributed by atoms with Crippen LogP contribution in [0.25, 0.3) is 0 Å². The number of benzene rings is 1. The second-order valence-corrected chi connectivity index (χ2v) is 4.68.